The predicted octanol–water partition coefficient (Wildman–Crippen LogP) is 1.52. The number of aliphatic hydroxyl groups is 1. The lowest BCUT2D eigenvalue weighted by Gasteiger charge is -2.13. The molecule has 2 aromatic rings. The van der Waals surface area contributed by atoms with Gasteiger partial charge in [0.25, 0.3) is 0 Å². The van der Waals surface area contributed by atoms with E-state index in [2.05, 4.69) is 4.98 Å². The summed E-state index contributed by atoms with van der Waals surface area (Å²) in [5, 5.41) is 10.1. The van der Waals surface area contributed by atoms with Crippen LogP contribution in [0, 0.1) is 0 Å². The first-order valence-electron chi connectivity index (χ1n) is 5.39. The molecule has 88 valence electrons. The second kappa shape index (κ2) is 4.84. The molecule has 1 aromatic carbocycles. The number of pyridine rings is 1. The van der Waals surface area contributed by atoms with Crippen molar-refractivity contribution in [2.75, 3.05) is 11.5 Å². The topological polar surface area (TPSA) is 85.2 Å². The van der Waals surface area contributed by atoms with Gasteiger partial charge in [-0.15, -0.1) is 0 Å². The lowest BCUT2D eigenvalue weighted by atomic mass is 10.0. The molecule has 5 N–H and O–H groups in total. The third kappa shape index (κ3) is 2.73. The van der Waals surface area contributed by atoms with Crippen molar-refractivity contribution < 1.29 is 5.11 Å². The third-order valence-corrected chi connectivity index (χ3v) is 2.63. The minimum absolute atomic E-state index is 0.454. The van der Waals surface area contributed by atoms with Gasteiger partial charge in [0.1, 0.15) is 5.82 Å². The summed E-state index contributed by atoms with van der Waals surface area (Å²) in [4.78, 5) is 3.91. The summed E-state index contributed by atoms with van der Waals surface area (Å²) in [5.74, 6) is 0.454. The number of nitrogen functional groups attached to an aromatic ring is 2. The largest absolute Gasteiger partial charge is 0.398 e. The van der Waals surface area contributed by atoms with Crippen LogP contribution in [0.25, 0.3) is 0 Å². The number of nitrogens with two attached hydrogens (primary N) is 2. The Bertz CT molecular complexity index is 514. The molecule has 0 bridgehead atoms. The van der Waals surface area contributed by atoms with E-state index in [0.717, 1.165) is 11.1 Å². The van der Waals surface area contributed by atoms with Crippen molar-refractivity contribution in [1.29, 1.82) is 0 Å². The second-order valence-electron chi connectivity index (χ2n) is 3.94. The van der Waals surface area contributed by atoms with E-state index in [1.807, 2.05) is 24.3 Å². The number of hydrogen-bond donors (Lipinski definition) is 3. The average Bonchev–Trinajstić information content (AvgIpc) is 2.29. The Morgan fingerprint density at radius 2 is 1.94 bits per heavy atom. The molecule has 0 aliphatic heterocycles. The Labute approximate surface area is 99.9 Å². The van der Waals surface area contributed by atoms with Crippen molar-refractivity contribution in [1.82, 2.24) is 4.98 Å². The molecule has 1 heterocycles. The van der Waals surface area contributed by atoms with E-state index in [1.54, 1.807) is 18.3 Å². The molecule has 1 aromatic heterocycles. The van der Waals surface area contributed by atoms with Gasteiger partial charge in [0, 0.05) is 23.9 Å². The van der Waals surface area contributed by atoms with Crippen LogP contribution in [0.5, 0.6) is 0 Å². The fraction of sp³-hybridized carbons (Fsp3) is 0.154. The third-order valence-electron chi connectivity index (χ3n) is 2.63. The van der Waals surface area contributed by atoms with E-state index in [-0.39, 0.29) is 0 Å². The molecule has 2 rings (SSSR count). The monoisotopic (exact) mass is 229 g/mol. The molecule has 0 amide bonds. The van der Waals surface area contributed by atoms with E-state index in [4.69, 9.17) is 11.5 Å². The van der Waals surface area contributed by atoms with Crippen LogP contribution < -0.4 is 11.5 Å². The van der Waals surface area contributed by atoms with E-state index >= 15 is 0 Å². The molecule has 1 atom stereocenters. The van der Waals surface area contributed by atoms with Crippen LogP contribution in [-0.4, -0.2) is 10.1 Å². The van der Waals surface area contributed by atoms with E-state index in [1.165, 1.54) is 0 Å². The number of nitrogens with zero attached hydrogens (tertiary/aromatic N) is 1. The summed E-state index contributed by atoms with van der Waals surface area (Å²) in [6.45, 7) is 0. The molecule has 4 heteroatoms. The van der Waals surface area contributed by atoms with Gasteiger partial charge in [0.2, 0.25) is 0 Å². The van der Waals surface area contributed by atoms with Crippen molar-refractivity contribution in [3.05, 3.63) is 53.7 Å². The molecule has 0 fully saturated rings. The number of aromatic nitrogens is 1. The number of aliphatic hydroxyl groups excluding tert-OH is 1. The Morgan fingerprint density at radius 3 is 2.65 bits per heavy atom. The Balaban J connectivity index is 2.17. The Kier molecular flexibility index (Phi) is 3.25. The standard InChI is InChI=1S/C13H15N3O/c14-11-4-2-1-3-10(11)12(17)7-9-5-6-16-13(15)8-9/h1-6,8,12,17H,7,14H2,(H2,15,16). The van der Waals surface area contributed by atoms with Gasteiger partial charge in [-0.25, -0.2) is 4.98 Å². The van der Waals surface area contributed by atoms with Gasteiger partial charge >= 0.3 is 0 Å². The van der Waals surface area contributed by atoms with Gasteiger partial charge in [-0.3, -0.25) is 0 Å². The molecule has 0 spiro atoms. The highest BCUT2D eigenvalue weighted by atomic mass is 16.3. The molecule has 4 nitrogen and oxygen atoms in total. The number of para-hydroxylation sites is 1. The van der Waals surface area contributed by atoms with Crippen LogP contribution in [0.1, 0.15) is 17.2 Å². The summed E-state index contributed by atoms with van der Waals surface area (Å²) in [6.07, 6.45) is 1.48. The minimum Gasteiger partial charge on any atom is -0.398 e. The van der Waals surface area contributed by atoms with E-state index in [9.17, 15) is 5.11 Å². The van der Waals surface area contributed by atoms with E-state index < -0.39 is 6.10 Å². The highest BCUT2D eigenvalue weighted by Gasteiger charge is 2.11. The molecular weight excluding hydrogens is 214 g/mol. The molecule has 0 aliphatic rings. The van der Waals surface area contributed by atoms with Crippen molar-refractivity contribution in [2.45, 2.75) is 12.5 Å². The highest BCUT2D eigenvalue weighted by Crippen LogP contribution is 2.23. The summed E-state index contributed by atoms with van der Waals surface area (Å²) >= 11 is 0. The number of rotatable bonds is 3. The van der Waals surface area contributed by atoms with Crippen LogP contribution in [0.15, 0.2) is 42.6 Å². The first kappa shape index (κ1) is 11.4. The van der Waals surface area contributed by atoms with Gasteiger partial charge in [-0.05, 0) is 23.8 Å². The van der Waals surface area contributed by atoms with Gasteiger partial charge in [-0.1, -0.05) is 18.2 Å². The molecule has 0 saturated carbocycles. The van der Waals surface area contributed by atoms with Crippen LogP contribution in [0.2, 0.25) is 0 Å². The average molecular weight is 229 g/mol. The molecule has 17 heavy (non-hydrogen) atoms. The summed E-state index contributed by atoms with van der Waals surface area (Å²) in [7, 11) is 0. The summed E-state index contributed by atoms with van der Waals surface area (Å²) < 4.78 is 0. The smallest absolute Gasteiger partial charge is 0.123 e. The quantitative estimate of drug-likeness (QED) is 0.697. The van der Waals surface area contributed by atoms with Crippen molar-refractivity contribution in [2.24, 2.45) is 0 Å². The number of hydrogen-bond acceptors (Lipinski definition) is 4. The Morgan fingerprint density at radius 1 is 1.18 bits per heavy atom. The van der Waals surface area contributed by atoms with Gasteiger partial charge < -0.3 is 16.6 Å². The predicted molar refractivity (Wildman–Crippen MR) is 68.2 cm³/mol. The van der Waals surface area contributed by atoms with Crippen LogP contribution in [0.4, 0.5) is 11.5 Å². The lowest BCUT2D eigenvalue weighted by molar-refractivity contribution is 0.179. The first-order chi connectivity index (χ1) is 8.16. The van der Waals surface area contributed by atoms with Crippen LogP contribution >= 0.6 is 0 Å². The Hall–Kier alpha value is -2.07. The number of benzene rings is 1. The highest BCUT2D eigenvalue weighted by molar-refractivity contribution is 5.48. The van der Waals surface area contributed by atoms with Crippen molar-refractivity contribution in [3.63, 3.8) is 0 Å². The van der Waals surface area contributed by atoms with Crippen molar-refractivity contribution in [3.8, 4) is 0 Å². The maximum Gasteiger partial charge on any atom is 0.123 e. The van der Waals surface area contributed by atoms with Crippen molar-refractivity contribution >= 4 is 11.5 Å². The minimum atomic E-state index is -0.627. The summed E-state index contributed by atoms with van der Waals surface area (Å²) in [6, 6.07) is 10.9. The zero-order valence-corrected chi connectivity index (χ0v) is 9.38. The molecule has 0 aliphatic carbocycles. The molecule has 0 radical (unpaired) electrons. The van der Waals surface area contributed by atoms with Gasteiger partial charge in [0.05, 0.1) is 6.10 Å². The fourth-order valence-electron chi connectivity index (χ4n) is 1.77. The van der Waals surface area contributed by atoms with E-state index in [0.29, 0.717) is 17.9 Å². The molecular formula is C13H15N3O. The molecule has 1 unspecified atom stereocenters. The molecule has 0 saturated heterocycles. The maximum absolute atomic E-state index is 10.1. The first-order valence-corrected chi connectivity index (χ1v) is 5.39. The fourth-order valence-corrected chi connectivity index (χ4v) is 1.77. The van der Waals surface area contributed by atoms with Gasteiger partial charge in [0.15, 0.2) is 0 Å². The zero-order valence-electron chi connectivity index (χ0n) is 9.38. The van der Waals surface area contributed by atoms with Crippen LogP contribution in [0.3, 0.4) is 0 Å². The maximum atomic E-state index is 10.1. The second-order valence-corrected chi connectivity index (χ2v) is 3.94. The number of anilines is 2. The zero-order chi connectivity index (χ0) is 12.3. The lowest BCUT2D eigenvalue weighted by Crippen LogP contribution is -2.05. The van der Waals surface area contributed by atoms with Crippen LogP contribution in [-0.2, 0) is 6.42 Å². The normalized spacial score (nSPS) is 12.3. The SMILES string of the molecule is Nc1cc(CC(O)c2ccccc2N)ccn1. The van der Waals surface area contributed by atoms with Gasteiger partial charge in [-0.2, -0.15) is 0 Å². The summed E-state index contributed by atoms with van der Waals surface area (Å²) in [5.41, 5.74) is 13.7.